The first-order valence-corrected chi connectivity index (χ1v) is 7.71. The first-order valence-electron chi connectivity index (χ1n) is 7.71. The second kappa shape index (κ2) is 5.56. The van der Waals surface area contributed by atoms with Crippen molar-refractivity contribution in [3.8, 4) is 0 Å². The Bertz CT molecular complexity index is 823. The minimum atomic E-state index is -0.431. The van der Waals surface area contributed by atoms with Gasteiger partial charge in [0.05, 0.1) is 19.9 Å². The summed E-state index contributed by atoms with van der Waals surface area (Å²) in [5.41, 5.74) is 0.566. The summed E-state index contributed by atoms with van der Waals surface area (Å²) in [4.78, 5) is 25.7. The van der Waals surface area contributed by atoms with Gasteiger partial charge in [0.25, 0.3) is 0 Å². The van der Waals surface area contributed by atoms with Crippen LogP contribution in [0.4, 0.5) is 0 Å². The molecule has 10 heteroatoms. The van der Waals surface area contributed by atoms with Crippen molar-refractivity contribution >= 4 is 5.97 Å². The third-order valence-corrected chi connectivity index (χ3v) is 4.69. The van der Waals surface area contributed by atoms with E-state index in [4.69, 9.17) is 9.47 Å². The van der Waals surface area contributed by atoms with Gasteiger partial charge in [-0.2, -0.15) is 10.2 Å². The molecule has 1 spiro atoms. The number of hydrogen-bond donors (Lipinski definition) is 2. The third-order valence-electron chi connectivity index (χ3n) is 4.69. The molecule has 2 aliphatic heterocycles. The minimum absolute atomic E-state index is 0.200. The fourth-order valence-electron chi connectivity index (χ4n) is 3.43. The first-order chi connectivity index (χ1) is 11.6. The highest BCUT2D eigenvalue weighted by molar-refractivity contribution is 5.88. The van der Waals surface area contributed by atoms with Crippen LogP contribution < -0.4 is 5.69 Å². The van der Waals surface area contributed by atoms with Gasteiger partial charge in [0.15, 0.2) is 5.82 Å². The molecule has 24 heavy (non-hydrogen) atoms. The number of rotatable bonds is 3. The third kappa shape index (κ3) is 2.43. The van der Waals surface area contributed by atoms with Gasteiger partial charge in [0, 0.05) is 25.2 Å². The van der Waals surface area contributed by atoms with Crippen LogP contribution in [0.3, 0.4) is 0 Å². The van der Waals surface area contributed by atoms with Crippen LogP contribution in [0.5, 0.6) is 0 Å². The van der Waals surface area contributed by atoms with Gasteiger partial charge < -0.3 is 9.47 Å². The second-order valence-corrected chi connectivity index (χ2v) is 6.23. The molecule has 4 rings (SSSR count). The van der Waals surface area contributed by atoms with E-state index < -0.39 is 11.6 Å². The zero-order valence-corrected chi connectivity index (χ0v) is 13.2. The number of fused-ring (bicyclic) bond motifs is 1. The van der Waals surface area contributed by atoms with Gasteiger partial charge in [0.2, 0.25) is 0 Å². The van der Waals surface area contributed by atoms with Crippen molar-refractivity contribution in [1.29, 1.82) is 0 Å². The number of esters is 1. The topological polar surface area (TPSA) is 118 Å². The number of aromatic nitrogens is 5. The molecule has 4 heterocycles. The number of hydrogen-bond acceptors (Lipinski definition) is 7. The van der Waals surface area contributed by atoms with E-state index in [9.17, 15) is 9.59 Å². The number of carbonyl (C=O) groups excluding carboxylic acids is 1. The van der Waals surface area contributed by atoms with Gasteiger partial charge >= 0.3 is 11.7 Å². The molecular formula is C14H18N6O4. The summed E-state index contributed by atoms with van der Waals surface area (Å²) in [5.74, 6) is 0.201. The van der Waals surface area contributed by atoms with Crippen LogP contribution in [0, 0.1) is 0 Å². The predicted molar refractivity (Wildman–Crippen MR) is 80.2 cm³/mol. The molecule has 0 saturated carbocycles. The lowest BCUT2D eigenvalue weighted by Crippen LogP contribution is -2.46. The Kier molecular flexibility index (Phi) is 3.50. The zero-order chi connectivity index (χ0) is 16.7. The Morgan fingerprint density at radius 2 is 2.33 bits per heavy atom. The molecule has 0 amide bonds. The van der Waals surface area contributed by atoms with Crippen molar-refractivity contribution < 1.29 is 14.3 Å². The first kappa shape index (κ1) is 15.1. The fourth-order valence-corrected chi connectivity index (χ4v) is 3.43. The average molecular weight is 334 g/mol. The van der Waals surface area contributed by atoms with E-state index in [1.54, 1.807) is 10.8 Å². The molecular weight excluding hydrogens is 316 g/mol. The Balaban J connectivity index is 1.48. The molecule has 2 aromatic rings. The molecule has 1 atom stereocenters. The normalized spacial score (nSPS) is 23.5. The van der Waals surface area contributed by atoms with E-state index >= 15 is 0 Å². The summed E-state index contributed by atoms with van der Waals surface area (Å²) in [6.07, 6.45) is 2.45. The van der Waals surface area contributed by atoms with Gasteiger partial charge in [-0.3, -0.25) is 14.6 Å². The van der Waals surface area contributed by atoms with Crippen molar-refractivity contribution in [3.05, 3.63) is 33.8 Å². The number of likely N-dealkylation sites (tertiary alicyclic amines) is 1. The highest BCUT2D eigenvalue weighted by Crippen LogP contribution is 2.32. The average Bonchev–Trinajstić information content (AvgIpc) is 3.29. The highest BCUT2D eigenvalue weighted by Gasteiger charge is 2.43. The standard InChI is InChI=1S/C14H18N6O4/c1-23-12(21)11-9(4-15-17-11)5-19-3-2-14(7-19)8-20-10(6-24-14)16-18-13(20)22/h4H,2-3,5-8H2,1H3,(H,15,17)(H,18,22). The van der Waals surface area contributed by atoms with E-state index in [-0.39, 0.29) is 5.69 Å². The smallest absolute Gasteiger partial charge is 0.356 e. The van der Waals surface area contributed by atoms with Crippen LogP contribution in [-0.2, 0) is 29.2 Å². The lowest BCUT2D eigenvalue weighted by Gasteiger charge is -2.33. The number of H-pyrrole nitrogens is 2. The number of aromatic amines is 2. The quantitative estimate of drug-likeness (QED) is 0.709. The van der Waals surface area contributed by atoms with Crippen molar-refractivity contribution in [2.24, 2.45) is 0 Å². The molecule has 2 aromatic heterocycles. The highest BCUT2D eigenvalue weighted by atomic mass is 16.5. The summed E-state index contributed by atoms with van der Waals surface area (Å²) < 4.78 is 12.4. The van der Waals surface area contributed by atoms with Gasteiger partial charge in [0.1, 0.15) is 17.9 Å². The maximum atomic E-state index is 11.8. The van der Waals surface area contributed by atoms with E-state index in [0.717, 1.165) is 18.5 Å². The van der Waals surface area contributed by atoms with E-state index in [1.165, 1.54) is 7.11 Å². The van der Waals surface area contributed by atoms with Crippen LogP contribution in [-0.4, -0.2) is 61.6 Å². The van der Waals surface area contributed by atoms with Crippen molar-refractivity contribution in [3.63, 3.8) is 0 Å². The van der Waals surface area contributed by atoms with Crippen LogP contribution in [0.15, 0.2) is 11.0 Å². The van der Waals surface area contributed by atoms with Crippen LogP contribution >= 0.6 is 0 Å². The number of carbonyl (C=O) groups is 1. The Morgan fingerprint density at radius 1 is 1.46 bits per heavy atom. The van der Waals surface area contributed by atoms with Crippen LogP contribution in [0.1, 0.15) is 28.3 Å². The van der Waals surface area contributed by atoms with E-state index in [0.29, 0.717) is 37.8 Å². The Morgan fingerprint density at radius 3 is 3.17 bits per heavy atom. The molecule has 128 valence electrons. The molecule has 0 aliphatic carbocycles. The molecule has 0 aromatic carbocycles. The lowest BCUT2D eigenvalue weighted by molar-refractivity contribution is -0.0832. The fraction of sp³-hybridized carbons (Fsp3) is 0.571. The largest absolute Gasteiger partial charge is 0.464 e. The maximum absolute atomic E-state index is 11.8. The Labute approximate surface area is 136 Å². The molecule has 0 radical (unpaired) electrons. The summed E-state index contributed by atoms with van der Waals surface area (Å²) in [5, 5.41) is 13.0. The zero-order valence-electron chi connectivity index (χ0n) is 13.2. The maximum Gasteiger partial charge on any atom is 0.356 e. The van der Waals surface area contributed by atoms with Gasteiger partial charge in [-0.05, 0) is 6.42 Å². The Hall–Kier alpha value is -2.46. The van der Waals surface area contributed by atoms with Crippen LogP contribution in [0.25, 0.3) is 0 Å². The summed E-state index contributed by atoms with van der Waals surface area (Å²) in [6.45, 7) is 2.87. The molecule has 1 unspecified atom stereocenters. The number of nitrogens with one attached hydrogen (secondary N) is 2. The van der Waals surface area contributed by atoms with Gasteiger partial charge in [-0.1, -0.05) is 0 Å². The van der Waals surface area contributed by atoms with Gasteiger partial charge in [-0.25, -0.2) is 14.7 Å². The van der Waals surface area contributed by atoms with E-state index in [1.807, 2.05) is 0 Å². The molecule has 10 nitrogen and oxygen atoms in total. The minimum Gasteiger partial charge on any atom is -0.464 e. The molecule has 2 N–H and O–H groups in total. The SMILES string of the molecule is COC(=O)c1[nH]ncc1CN1CCC2(C1)Cn1c(n[nH]c1=O)CO2. The second-order valence-electron chi connectivity index (χ2n) is 6.23. The monoisotopic (exact) mass is 334 g/mol. The summed E-state index contributed by atoms with van der Waals surface area (Å²) in [7, 11) is 1.34. The summed E-state index contributed by atoms with van der Waals surface area (Å²) in [6, 6.07) is 0. The van der Waals surface area contributed by atoms with Crippen LogP contribution in [0.2, 0.25) is 0 Å². The molecule has 0 bridgehead atoms. The number of nitrogens with zero attached hydrogens (tertiary/aromatic N) is 4. The lowest BCUT2D eigenvalue weighted by atomic mass is 10.0. The number of ether oxygens (including phenoxy) is 2. The molecule has 1 fully saturated rings. The van der Waals surface area contributed by atoms with Gasteiger partial charge in [-0.15, -0.1) is 0 Å². The predicted octanol–water partition coefficient (Wildman–Crippen LogP) is -0.744. The molecule has 2 aliphatic rings. The van der Waals surface area contributed by atoms with Crippen molar-refractivity contribution in [2.75, 3.05) is 20.2 Å². The van der Waals surface area contributed by atoms with Crippen molar-refractivity contribution in [1.82, 2.24) is 29.9 Å². The van der Waals surface area contributed by atoms with E-state index in [2.05, 4.69) is 25.3 Å². The number of methoxy groups -OCH3 is 1. The summed E-state index contributed by atoms with van der Waals surface area (Å²) >= 11 is 0. The molecule has 1 saturated heterocycles. The van der Waals surface area contributed by atoms with Crippen molar-refractivity contribution in [2.45, 2.75) is 31.7 Å².